The highest BCUT2D eigenvalue weighted by atomic mass is 35.5. The lowest BCUT2D eigenvalue weighted by molar-refractivity contribution is 0.0510. The molecule has 0 saturated carbocycles. The lowest BCUT2D eigenvalue weighted by atomic mass is 10.1. The summed E-state index contributed by atoms with van der Waals surface area (Å²) in [6.45, 7) is 0.242. The van der Waals surface area contributed by atoms with Crippen molar-refractivity contribution in [2.24, 2.45) is 0 Å². The van der Waals surface area contributed by atoms with Gasteiger partial charge < -0.3 is 9.47 Å². The molecule has 2 aromatic rings. The minimum atomic E-state index is 0.242. The molecule has 0 heterocycles. The number of rotatable bonds is 5. The second-order valence-electron chi connectivity index (χ2n) is 3.97. The van der Waals surface area contributed by atoms with Gasteiger partial charge >= 0.3 is 0 Å². The van der Waals surface area contributed by atoms with E-state index in [1.165, 1.54) is 0 Å². The van der Waals surface area contributed by atoms with Gasteiger partial charge in [-0.15, -0.1) is 0 Å². The summed E-state index contributed by atoms with van der Waals surface area (Å²) < 4.78 is 10.4. The molecule has 19 heavy (non-hydrogen) atoms. The van der Waals surface area contributed by atoms with Crippen molar-refractivity contribution < 1.29 is 9.47 Å². The summed E-state index contributed by atoms with van der Waals surface area (Å²) in [5.41, 5.74) is 2.10. The molecule has 0 aliphatic carbocycles. The van der Waals surface area contributed by atoms with Gasteiger partial charge in [-0.2, -0.15) is 0 Å². The van der Waals surface area contributed by atoms with E-state index < -0.39 is 0 Å². The Morgan fingerprint density at radius 3 is 2.47 bits per heavy atom. The van der Waals surface area contributed by atoms with Crippen molar-refractivity contribution in [2.45, 2.75) is 0 Å². The van der Waals surface area contributed by atoms with Crippen molar-refractivity contribution >= 4 is 23.8 Å². The fourth-order valence-electron chi connectivity index (χ4n) is 1.63. The number of methoxy groups -OCH3 is 1. The minimum Gasteiger partial charge on any atom is -0.467 e. The summed E-state index contributed by atoms with van der Waals surface area (Å²) in [6.07, 6.45) is 4.03. The molecule has 0 fully saturated rings. The van der Waals surface area contributed by atoms with E-state index in [4.69, 9.17) is 21.1 Å². The van der Waals surface area contributed by atoms with Crippen LogP contribution in [0.15, 0.2) is 48.5 Å². The highest BCUT2D eigenvalue weighted by Crippen LogP contribution is 2.21. The van der Waals surface area contributed by atoms with Crippen LogP contribution in [0.2, 0.25) is 5.02 Å². The number of benzene rings is 2. The van der Waals surface area contributed by atoms with Crippen LogP contribution in [0.25, 0.3) is 12.2 Å². The quantitative estimate of drug-likeness (QED) is 0.591. The van der Waals surface area contributed by atoms with E-state index >= 15 is 0 Å². The first-order valence-electron chi connectivity index (χ1n) is 5.94. The maximum absolute atomic E-state index is 5.85. The monoisotopic (exact) mass is 274 g/mol. The molecule has 98 valence electrons. The highest BCUT2D eigenvalue weighted by molar-refractivity contribution is 6.30. The Balaban J connectivity index is 2.15. The van der Waals surface area contributed by atoms with Crippen LogP contribution in [-0.4, -0.2) is 13.9 Å². The molecule has 2 nitrogen and oxygen atoms in total. The van der Waals surface area contributed by atoms with Gasteiger partial charge in [0.25, 0.3) is 0 Å². The van der Waals surface area contributed by atoms with Crippen LogP contribution < -0.4 is 4.74 Å². The molecule has 0 spiro atoms. The van der Waals surface area contributed by atoms with Crippen LogP contribution in [-0.2, 0) is 4.74 Å². The first-order valence-corrected chi connectivity index (χ1v) is 6.32. The molecule has 0 radical (unpaired) electrons. The fraction of sp³-hybridized carbons (Fsp3) is 0.125. The number of hydrogen-bond acceptors (Lipinski definition) is 2. The molecule has 3 heteroatoms. The Hall–Kier alpha value is -1.77. The SMILES string of the molecule is COCOc1ccccc1/C=C/c1ccc(Cl)cc1. The topological polar surface area (TPSA) is 18.5 Å². The van der Waals surface area contributed by atoms with Crippen LogP contribution in [0.4, 0.5) is 0 Å². The summed E-state index contributed by atoms with van der Waals surface area (Å²) in [6, 6.07) is 15.5. The molecular formula is C16H15ClO2. The van der Waals surface area contributed by atoms with Gasteiger partial charge in [-0.3, -0.25) is 0 Å². The van der Waals surface area contributed by atoms with Gasteiger partial charge in [0.2, 0.25) is 0 Å². The Morgan fingerprint density at radius 2 is 1.74 bits per heavy atom. The average molecular weight is 275 g/mol. The summed E-state index contributed by atoms with van der Waals surface area (Å²) in [5, 5.41) is 0.737. The van der Waals surface area contributed by atoms with E-state index in [0.29, 0.717) is 0 Å². The van der Waals surface area contributed by atoms with Gasteiger partial charge in [-0.05, 0) is 23.8 Å². The predicted octanol–water partition coefficient (Wildman–Crippen LogP) is 4.49. The fourth-order valence-corrected chi connectivity index (χ4v) is 1.76. The maximum atomic E-state index is 5.85. The van der Waals surface area contributed by atoms with E-state index in [1.54, 1.807) is 7.11 Å². The predicted molar refractivity (Wildman–Crippen MR) is 79.3 cm³/mol. The number of ether oxygens (including phenoxy) is 2. The molecule has 2 rings (SSSR count). The Morgan fingerprint density at radius 1 is 1.00 bits per heavy atom. The lowest BCUT2D eigenvalue weighted by Gasteiger charge is -2.07. The van der Waals surface area contributed by atoms with Crippen LogP contribution in [0.1, 0.15) is 11.1 Å². The third-order valence-corrected chi connectivity index (χ3v) is 2.83. The van der Waals surface area contributed by atoms with Crippen LogP contribution in [0.3, 0.4) is 0 Å². The van der Waals surface area contributed by atoms with E-state index in [-0.39, 0.29) is 6.79 Å². The smallest absolute Gasteiger partial charge is 0.188 e. The molecule has 2 aromatic carbocycles. The molecule has 0 aromatic heterocycles. The molecule has 0 aliphatic rings. The van der Waals surface area contributed by atoms with Crippen molar-refractivity contribution in [2.75, 3.05) is 13.9 Å². The Bertz CT molecular complexity index is 547. The third kappa shape index (κ3) is 4.12. The molecule has 0 bridgehead atoms. The van der Waals surface area contributed by atoms with Gasteiger partial charge in [0.15, 0.2) is 6.79 Å². The first kappa shape index (κ1) is 13.7. The van der Waals surface area contributed by atoms with E-state index in [9.17, 15) is 0 Å². The summed E-state index contributed by atoms with van der Waals surface area (Å²) in [4.78, 5) is 0. The summed E-state index contributed by atoms with van der Waals surface area (Å²) in [5.74, 6) is 0.801. The van der Waals surface area contributed by atoms with Crippen LogP contribution in [0, 0.1) is 0 Å². The summed E-state index contributed by atoms with van der Waals surface area (Å²) in [7, 11) is 1.60. The molecule has 0 unspecified atom stereocenters. The number of para-hydroxylation sites is 1. The summed E-state index contributed by atoms with van der Waals surface area (Å²) >= 11 is 5.85. The van der Waals surface area contributed by atoms with Crippen molar-refractivity contribution in [3.63, 3.8) is 0 Å². The maximum Gasteiger partial charge on any atom is 0.188 e. The van der Waals surface area contributed by atoms with Crippen molar-refractivity contribution in [1.29, 1.82) is 0 Å². The highest BCUT2D eigenvalue weighted by Gasteiger charge is 1.98. The van der Waals surface area contributed by atoms with E-state index in [1.807, 2.05) is 60.7 Å². The Labute approximate surface area is 118 Å². The van der Waals surface area contributed by atoms with Crippen LogP contribution >= 0.6 is 11.6 Å². The molecule has 0 aliphatic heterocycles. The molecule has 0 saturated heterocycles. The van der Waals surface area contributed by atoms with Gasteiger partial charge in [0.1, 0.15) is 5.75 Å². The first-order chi connectivity index (χ1) is 9.29. The van der Waals surface area contributed by atoms with Crippen molar-refractivity contribution in [1.82, 2.24) is 0 Å². The van der Waals surface area contributed by atoms with E-state index in [0.717, 1.165) is 21.9 Å². The third-order valence-electron chi connectivity index (χ3n) is 2.58. The lowest BCUT2D eigenvalue weighted by Crippen LogP contribution is -1.99. The zero-order valence-electron chi connectivity index (χ0n) is 10.7. The molecule has 0 amide bonds. The van der Waals surface area contributed by atoms with Gasteiger partial charge in [0, 0.05) is 17.7 Å². The van der Waals surface area contributed by atoms with Crippen LogP contribution in [0.5, 0.6) is 5.75 Å². The number of halogens is 1. The van der Waals surface area contributed by atoms with E-state index in [2.05, 4.69) is 0 Å². The number of hydrogen-bond donors (Lipinski definition) is 0. The van der Waals surface area contributed by atoms with Gasteiger partial charge in [-0.1, -0.05) is 54.1 Å². The zero-order valence-corrected chi connectivity index (χ0v) is 11.4. The second-order valence-corrected chi connectivity index (χ2v) is 4.41. The molecular weight excluding hydrogens is 260 g/mol. The zero-order chi connectivity index (χ0) is 13.5. The second kappa shape index (κ2) is 6.98. The van der Waals surface area contributed by atoms with Crippen molar-refractivity contribution in [3.05, 3.63) is 64.7 Å². The minimum absolute atomic E-state index is 0.242. The van der Waals surface area contributed by atoms with Crippen molar-refractivity contribution in [3.8, 4) is 5.75 Å². The normalized spacial score (nSPS) is 10.8. The Kier molecular flexibility index (Phi) is 5.01. The van der Waals surface area contributed by atoms with Gasteiger partial charge in [-0.25, -0.2) is 0 Å². The standard InChI is InChI=1S/C16H15ClO2/c1-18-12-19-16-5-3-2-4-14(16)9-6-13-7-10-15(17)11-8-13/h2-11H,12H2,1H3/b9-6+. The average Bonchev–Trinajstić information content (AvgIpc) is 2.45. The van der Waals surface area contributed by atoms with Gasteiger partial charge in [0.05, 0.1) is 0 Å². The molecule has 0 atom stereocenters. The largest absolute Gasteiger partial charge is 0.467 e. The molecule has 0 N–H and O–H groups in total.